The highest BCUT2D eigenvalue weighted by Crippen LogP contribution is 2.36. The first-order valence-corrected chi connectivity index (χ1v) is 9.50. The summed E-state index contributed by atoms with van der Waals surface area (Å²) in [5, 5.41) is 3.94. The first-order chi connectivity index (χ1) is 9.76. The summed E-state index contributed by atoms with van der Waals surface area (Å²) in [6.45, 7) is 10.6. The van der Waals surface area contributed by atoms with Gasteiger partial charge < -0.3 is 5.32 Å². The Bertz CT molecular complexity index is 212. The van der Waals surface area contributed by atoms with Crippen molar-refractivity contribution in [2.45, 2.75) is 97.9 Å². The van der Waals surface area contributed by atoms with Crippen LogP contribution in [0.3, 0.4) is 0 Å². The molecule has 1 saturated carbocycles. The Morgan fingerprint density at radius 3 is 1.90 bits per heavy atom. The molecular weight excluding hydrogens is 242 g/mol. The van der Waals surface area contributed by atoms with E-state index >= 15 is 0 Å². The maximum Gasteiger partial charge on any atom is 0.0124 e. The second-order valence-electron chi connectivity index (χ2n) is 7.01. The second kappa shape index (κ2) is 10.7. The zero-order chi connectivity index (χ0) is 14.8. The van der Waals surface area contributed by atoms with Crippen LogP contribution in [0.4, 0.5) is 0 Å². The third-order valence-corrected chi connectivity index (χ3v) is 5.43. The van der Waals surface area contributed by atoms with Gasteiger partial charge in [0.1, 0.15) is 0 Å². The van der Waals surface area contributed by atoms with E-state index in [0.717, 1.165) is 23.8 Å². The summed E-state index contributed by atoms with van der Waals surface area (Å²) in [6.07, 6.45) is 14.1. The van der Waals surface area contributed by atoms with Crippen molar-refractivity contribution in [3.8, 4) is 0 Å². The van der Waals surface area contributed by atoms with E-state index in [1.807, 2.05) is 0 Å². The molecule has 1 unspecified atom stereocenters. The Labute approximate surface area is 128 Å². The first-order valence-electron chi connectivity index (χ1n) is 9.50. The lowest BCUT2D eigenvalue weighted by molar-refractivity contribution is 0.163. The highest BCUT2D eigenvalue weighted by atomic mass is 14.9. The lowest BCUT2D eigenvalue weighted by Crippen LogP contribution is -2.44. The number of nitrogens with one attached hydrogen (secondary N) is 1. The largest absolute Gasteiger partial charge is 0.313 e. The summed E-state index contributed by atoms with van der Waals surface area (Å²) in [5.41, 5.74) is 0. The highest BCUT2D eigenvalue weighted by molar-refractivity contribution is 4.86. The van der Waals surface area contributed by atoms with Crippen LogP contribution in [0, 0.1) is 17.8 Å². The van der Waals surface area contributed by atoms with Gasteiger partial charge in [-0.25, -0.2) is 0 Å². The van der Waals surface area contributed by atoms with Gasteiger partial charge in [-0.15, -0.1) is 0 Å². The van der Waals surface area contributed by atoms with Gasteiger partial charge in [-0.2, -0.15) is 0 Å². The van der Waals surface area contributed by atoms with Crippen LogP contribution in [0.1, 0.15) is 91.9 Å². The molecule has 1 nitrogen and oxygen atoms in total. The summed E-state index contributed by atoms with van der Waals surface area (Å²) in [6, 6.07) is 0.799. The molecule has 0 aromatic heterocycles. The Kier molecular flexibility index (Phi) is 9.59. The van der Waals surface area contributed by atoms with Crippen LogP contribution < -0.4 is 5.32 Å². The summed E-state index contributed by atoms with van der Waals surface area (Å²) in [7, 11) is 0. The fourth-order valence-electron chi connectivity index (χ4n) is 4.23. The lowest BCUT2D eigenvalue weighted by Gasteiger charge is -2.38. The summed E-state index contributed by atoms with van der Waals surface area (Å²) in [4.78, 5) is 0. The Balaban J connectivity index is 2.61. The van der Waals surface area contributed by atoms with Crippen molar-refractivity contribution in [2.75, 3.05) is 6.54 Å². The van der Waals surface area contributed by atoms with Crippen molar-refractivity contribution in [1.82, 2.24) is 5.32 Å². The van der Waals surface area contributed by atoms with Gasteiger partial charge in [0.15, 0.2) is 0 Å². The van der Waals surface area contributed by atoms with Gasteiger partial charge in [-0.1, -0.05) is 59.8 Å². The van der Waals surface area contributed by atoms with Crippen molar-refractivity contribution in [1.29, 1.82) is 0 Å². The molecule has 1 atom stereocenters. The quantitative estimate of drug-likeness (QED) is 0.534. The Hall–Kier alpha value is -0.0400. The van der Waals surface area contributed by atoms with Crippen LogP contribution in [-0.2, 0) is 0 Å². The fourth-order valence-corrected chi connectivity index (χ4v) is 4.23. The van der Waals surface area contributed by atoms with Crippen molar-refractivity contribution < 1.29 is 0 Å². The molecule has 0 aromatic carbocycles. The molecule has 1 heteroatoms. The number of hydrogen-bond donors (Lipinski definition) is 1. The van der Waals surface area contributed by atoms with E-state index in [4.69, 9.17) is 0 Å². The van der Waals surface area contributed by atoms with E-state index in [1.54, 1.807) is 0 Å². The predicted molar refractivity (Wildman–Crippen MR) is 91.1 cm³/mol. The molecule has 0 bridgehead atoms. The van der Waals surface area contributed by atoms with E-state index in [2.05, 4.69) is 33.0 Å². The van der Waals surface area contributed by atoms with E-state index < -0.39 is 0 Å². The van der Waals surface area contributed by atoms with Crippen molar-refractivity contribution in [2.24, 2.45) is 17.8 Å². The molecule has 1 aliphatic carbocycles. The summed E-state index contributed by atoms with van der Waals surface area (Å²) in [5.74, 6) is 2.89. The van der Waals surface area contributed by atoms with Crippen LogP contribution in [0.15, 0.2) is 0 Å². The van der Waals surface area contributed by atoms with E-state index in [1.165, 1.54) is 70.8 Å². The second-order valence-corrected chi connectivity index (χ2v) is 7.01. The van der Waals surface area contributed by atoms with Crippen LogP contribution >= 0.6 is 0 Å². The van der Waals surface area contributed by atoms with Gasteiger partial charge in [-0.05, 0) is 56.4 Å². The maximum atomic E-state index is 3.94. The highest BCUT2D eigenvalue weighted by Gasteiger charge is 2.31. The molecule has 0 aliphatic heterocycles. The average molecular weight is 282 g/mol. The standard InChI is InChI=1S/C19H39N/c1-5-9-17(10-6-2)19(20-15-7-3)18-13-11-16(8-4)12-14-18/h16-20H,5-15H2,1-4H3. The molecular formula is C19H39N. The topological polar surface area (TPSA) is 12.0 Å². The molecule has 0 heterocycles. The minimum Gasteiger partial charge on any atom is -0.313 e. The first kappa shape index (κ1) is 18.0. The zero-order valence-corrected chi connectivity index (χ0v) is 14.6. The number of hydrogen-bond acceptors (Lipinski definition) is 1. The van der Waals surface area contributed by atoms with Crippen LogP contribution in [0.25, 0.3) is 0 Å². The van der Waals surface area contributed by atoms with E-state index in [9.17, 15) is 0 Å². The van der Waals surface area contributed by atoms with Crippen molar-refractivity contribution in [3.63, 3.8) is 0 Å². The smallest absolute Gasteiger partial charge is 0.0124 e. The van der Waals surface area contributed by atoms with Crippen LogP contribution in [-0.4, -0.2) is 12.6 Å². The normalized spacial score (nSPS) is 25.1. The summed E-state index contributed by atoms with van der Waals surface area (Å²) < 4.78 is 0. The SMILES string of the molecule is CCCNC(C(CCC)CCC)C1CCC(CC)CC1. The van der Waals surface area contributed by atoms with E-state index in [0.29, 0.717) is 0 Å². The van der Waals surface area contributed by atoms with Crippen molar-refractivity contribution in [3.05, 3.63) is 0 Å². The Morgan fingerprint density at radius 1 is 0.850 bits per heavy atom. The van der Waals surface area contributed by atoms with Crippen LogP contribution in [0.2, 0.25) is 0 Å². The molecule has 0 spiro atoms. The van der Waals surface area contributed by atoms with Gasteiger partial charge in [0.25, 0.3) is 0 Å². The average Bonchev–Trinajstić information content (AvgIpc) is 2.48. The maximum absolute atomic E-state index is 3.94. The minimum absolute atomic E-state index is 0.799. The monoisotopic (exact) mass is 281 g/mol. The summed E-state index contributed by atoms with van der Waals surface area (Å²) >= 11 is 0. The predicted octanol–water partition coefficient (Wildman–Crippen LogP) is 5.79. The van der Waals surface area contributed by atoms with Crippen molar-refractivity contribution >= 4 is 0 Å². The van der Waals surface area contributed by atoms with Gasteiger partial charge in [-0.3, -0.25) is 0 Å². The van der Waals surface area contributed by atoms with Gasteiger partial charge in [0, 0.05) is 6.04 Å². The van der Waals surface area contributed by atoms with Gasteiger partial charge in [0.2, 0.25) is 0 Å². The van der Waals surface area contributed by atoms with Crippen LogP contribution in [0.5, 0.6) is 0 Å². The third-order valence-electron chi connectivity index (χ3n) is 5.43. The molecule has 1 fully saturated rings. The molecule has 0 saturated heterocycles. The van der Waals surface area contributed by atoms with E-state index in [-0.39, 0.29) is 0 Å². The number of rotatable bonds is 10. The third kappa shape index (κ3) is 5.76. The molecule has 1 aliphatic rings. The molecule has 120 valence electrons. The van der Waals surface area contributed by atoms with Gasteiger partial charge >= 0.3 is 0 Å². The molecule has 0 radical (unpaired) electrons. The minimum atomic E-state index is 0.799. The zero-order valence-electron chi connectivity index (χ0n) is 14.6. The molecule has 0 aromatic rings. The van der Waals surface area contributed by atoms with Gasteiger partial charge in [0.05, 0.1) is 0 Å². The Morgan fingerprint density at radius 2 is 1.45 bits per heavy atom. The fraction of sp³-hybridized carbons (Fsp3) is 1.00. The molecule has 20 heavy (non-hydrogen) atoms. The lowest BCUT2D eigenvalue weighted by atomic mass is 9.72. The molecule has 0 amide bonds. The molecule has 1 N–H and O–H groups in total. The molecule has 1 rings (SSSR count).